The number of hydrogen-bond donors (Lipinski definition) is 2. The van der Waals surface area contributed by atoms with Crippen LogP contribution in [-0.2, 0) is 9.53 Å². The summed E-state index contributed by atoms with van der Waals surface area (Å²) in [6.45, 7) is -0.769. The van der Waals surface area contributed by atoms with Crippen LogP contribution in [0.5, 0.6) is 5.75 Å². The predicted molar refractivity (Wildman–Crippen MR) is 71.4 cm³/mol. The molecule has 1 aromatic carbocycles. The molecule has 0 aliphatic carbocycles. The molecule has 0 atom stereocenters. The Kier molecular flexibility index (Phi) is 6.80. The van der Waals surface area contributed by atoms with Gasteiger partial charge in [0.05, 0.1) is 13.2 Å². The molecule has 0 aliphatic heterocycles. The summed E-state index contributed by atoms with van der Waals surface area (Å²) in [6, 6.07) is 6.76. The van der Waals surface area contributed by atoms with Crippen LogP contribution in [0, 0.1) is 0 Å². The van der Waals surface area contributed by atoms with Crippen molar-refractivity contribution >= 4 is 11.6 Å². The van der Waals surface area contributed by atoms with Crippen molar-refractivity contribution in [3.63, 3.8) is 0 Å². The lowest BCUT2D eigenvalue weighted by Gasteiger charge is -2.11. The van der Waals surface area contributed by atoms with Gasteiger partial charge in [0.2, 0.25) is 5.91 Å². The molecule has 21 heavy (non-hydrogen) atoms. The van der Waals surface area contributed by atoms with E-state index < -0.39 is 18.6 Å². The Morgan fingerprint density at radius 1 is 1.29 bits per heavy atom. The van der Waals surface area contributed by atoms with Gasteiger partial charge >= 0.3 is 6.18 Å². The van der Waals surface area contributed by atoms with Gasteiger partial charge in [-0.2, -0.15) is 13.2 Å². The molecule has 0 aliphatic rings. The molecule has 8 heteroatoms. The van der Waals surface area contributed by atoms with Crippen LogP contribution >= 0.6 is 0 Å². The van der Waals surface area contributed by atoms with E-state index in [0.29, 0.717) is 24.7 Å². The van der Waals surface area contributed by atoms with Crippen molar-refractivity contribution in [2.24, 2.45) is 0 Å². The maximum absolute atomic E-state index is 11.9. The minimum atomic E-state index is -4.41. The number of methoxy groups -OCH3 is 1. The van der Waals surface area contributed by atoms with Gasteiger partial charge in [-0.25, -0.2) is 0 Å². The highest BCUT2D eigenvalue weighted by Crippen LogP contribution is 2.17. The molecular formula is C13H17F3N2O3. The van der Waals surface area contributed by atoms with Crippen LogP contribution in [0.25, 0.3) is 0 Å². The van der Waals surface area contributed by atoms with Crippen LogP contribution in [0.4, 0.5) is 18.9 Å². The Hall–Kier alpha value is -1.96. The van der Waals surface area contributed by atoms with Crippen molar-refractivity contribution in [3.05, 3.63) is 24.3 Å². The smallest absolute Gasteiger partial charge is 0.405 e. The fourth-order valence-electron chi connectivity index (χ4n) is 1.38. The van der Waals surface area contributed by atoms with Crippen LogP contribution in [0.3, 0.4) is 0 Å². The first-order valence-corrected chi connectivity index (χ1v) is 6.20. The third kappa shape index (κ3) is 8.03. The molecule has 0 unspecified atom stereocenters. The summed E-state index contributed by atoms with van der Waals surface area (Å²) in [4.78, 5) is 11.2. The topological polar surface area (TPSA) is 59.6 Å². The summed E-state index contributed by atoms with van der Waals surface area (Å²) >= 11 is 0. The average Bonchev–Trinajstić information content (AvgIpc) is 2.43. The van der Waals surface area contributed by atoms with Crippen molar-refractivity contribution in [1.82, 2.24) is 5.32 Å². The summed E-state index contributed by atoms with van der Waals surface area (Å²) < 4.78 is 46.0. The number of nitrogens with one attached hydrogen (secondary N) is 2. The van der Waals surface area contributed by atoms with Gasteiger partial charge in [-0.1, -0.05) is 6.07 Å². The van der Waals surface area contributed by atoms with E-state index in [2.05, 4.69) is 5.32 Å². The lowest BCUT2D eigenvalue weighted by molar-refractivity contribution is -0.137. The van der Waals surface area contributed by atoms with Crippen molar-refractivity contribution in [3.8, 4) is 5.75 Å². The number of carbonyl (C=O) groups is 1. The van der Waals surface area contributed by atoms with Gasteiger partial charge in [0.25, 0.3) is 0 Å². The molecule has 0 saturated heterocycles. The minimum Gasteiger partial charge on any atom is -0.491 e. The molecule has 0 saturated carbocycles. The summed E-state index contributed by atoms with van der Waals surface area (Å²) in [5.41, 5.74) is 0.576. The Morgan fingerprint density at radius 2 is 2.05 bits per heavy atom. The quantitative estimate of drug-likeness (QED) is 0.719. The number of halogens is 3. The second kappa shape index (κ2) is 8.35. The van der Waals surface area contributed by atoms with E-state index in [1.807, 2.05) is 0 Å². The third-order valence-electron chi connectivity index (χ3n) is 2.33. The number of rotatable bonds is 8. The van der Waals surface area contributed by atoms with Crippen LogP contribution in [0.1, 0.15) is 0 Å². The number of carbonyl (C=O) groups excluding carboxylic acids is 1. The molecule has 0 heterocycles. The fourth-order valence-corrected chi connectivity index (χ4v) is 1.38. The Bertz CT molecular complexity index is 453. The molecule has 1 amide bonds. The van der Waals surface area contributed by atoms with Gasteiger partial charge in [-0.05, 0) is 12.1 Å². The van der Waals surface area contributed by atoms with Crippen LogP contribution < -0.4 is 15.4 Å². The zero-order valence-corrected chi connectivity index (χ0v) is 11.5. The van der Waals surface area contributed by atoms with Crippen molar-refractivity contribution in [2.75, 3.05) is 38.7 Å². The molecule has 0 fully saturated rings. The minimum absolute atomic E-state index is 0.252. The zero-order chi connectivity index (χ0) is 15.7. The second-order valence-corrected chi connectivity index (χ2v) is 4.11. The van der Waals surface area contributed by atoms with Gasteiger partial charge in [0, 0.05) is 18.9 Å². The third-order valence-corrected chi connectivity index (χ3v) is 2.33. The van der Waals surface area contributed by atoms with E-state index in [1.54, 1.807) is 36.7 Å². The van der Waals surface area contributed by atoms with E-state index in [0.717, 1.165) is 0 Å². The highest BCUT2D eigenvalue weighted by atomic mass is 19.4. The molecule has 0 radical (unpaired) electrons. The zero-order valence-electron chi connectivity index (χ0n) is 11.5. The van der Waals surface area contributed by atoms with Gasteiger partial charge in [0.1, 0.15) is 18.9 Å². The normalized spacial score (nSPS) is 11.0. The number of alkyl halides is 3. The molecule has 0 spiro atoms. The van der Waals surface area contributed by atoms with E-state index >= 15 is 0 Å². The van der Waals surface area contributed by atoms with E-state index in [-0.39, 0.29) is 6.54 Å². The molecule has 0 aromatic heterocycles. The first-order chi connectivity index (χ1) is 9.90. The highest BCUT2D eigenvalue weighted by molar-refractivity contribution is 5.80. The second-order valence-electron chi connectivity index (χ2n) is 4.11. The monoisotopic (exact) mass is 306 g/mol. The summed E-state index contributed by atoms with van der Waals surface area (Å²) in [6.07, 6.45) is -4.41. The number of amides is 1. The molecule has 2 N–H and O–H groups in total. The maximum Gasteiger partial charge on any atom is 0.405 e. The van der Waals surface area contributed by atoms with Crippen LogP contribution in [0.15, 0.2) is 24.3 Å². The standard InChI is InChI=1S/C13H17F3N2O3/c1-20-5-6-21-11-4-2-3-10(7-11)17-8-12(19)18-9-13(14,15)16/h2-4,7,17H,5-6,8-9H2,1H3,(H,18,19). The summed E-state index contributed by atoms with van der Waals surface area (Å²) in [5.74, 6) is -0.161. The number of hydrogen-bond acceptors (Lipinski definition) is 4. The SMILES string of the molecule is COCCOc1cccc(NCC(=O)NCC(F)(F)F)c1. The lowest BCUT2D eigenvalue weighted by atomic mass is 10.3. The number of anilines is 1. The Labute approximate surface area is 120 Å². The largest absolute Gasteiger partial charge is 0.491 e. The van der Waals surface area contributed by atoms with Gasteiger partial charge in [-0.15, -0.1) is 0 Å². The molecule has 1 aromatic rings. The molecular weight excluding hydrogens is 289 g/mol. The summed E-state index contributed by atoms with van der Waals surface area (Å²) in [7, 11) is 1.56. The first-order valence-electron chi connectivity index (χ1n) is 6.20. The number of ether oxygens (including phenoxy) is 2. The highest BCUT2D eigenvalue weighted by Gasteiger charge is 2.27. The fraction of sp³-hybridized carbons (Fsp3) is 0.462. The molecule has 1 rings (SSSR count). The van der Waals surface area contributed by atoms with Gasteiger partial charge in [-0.3, -0.25) is 4.79 Å². The first kappa shape index (κ1) is 17.1. The predicted octanol–water partition coefficient (Wildman–Crippen LogP) is 1.80. The number of benzene rings is 1. The van der Waals surface area contributed by atoms with E-state index in [1.165, 1.54) is 0 Å². The Balaban J connectivity index is 2.37. The average molecular weight is 306 g/mol. The lowest BCUT2D eigenvalue weighted by Crippen LogP contribution is -2.37. The van der Waals surface area contributed by atoms with Crippen molar-refractivity contribution in [1.29, 1.82) is 0 Å². The van der Waals surface area contributed by atoms with Gasteiger partial charge < -0.3 is 20.1 Å². The van der Waals surface area contributed by atoms with Crippen LogP contribution in [-0.4, -0.2) is 45.5 Å². The van der Waals surface area contributed by atoms with Crippen LogP contribution in [0.2, 0.25) is 0 Å². The molecule has 5 nitrogen and oxygen atoms in total. The van der Waals surface area contributed by atoms with E-state index in [4.69, 9.17) is 9.47 Å². The van der Waals surface area contributed by atoms with E-state index in [9.17, 15) is 18.0 Å². The van der Waals surface area contributed by atoms with Crippen molar-refractivity contribution in [2.45, 2.75) is 6.18 Å². The Morgan fingerprint density at radius 3 is 2.71 bits per heavy atom. The molecule has 118 valence electrons. The van der Waals surface area contributed by atoms with Crippen molar-refractivity contribution < 1.29 is 27.4 Å². The van der Waals surface area contributed by atoms with Gasteiger partial charge in [0.15, 0.2) is 0 Å². The summed E-state index contributed by atoms with van der Waals surface area (Å²) in [5, 5.41) is 4.50. The maximum atomic E-state index is 11.9. The molecule has 0 bridgehead atoms.